The lowest BCUT2D eigenvalue weighted by molar-refractivity contribution is -0.126. The summed E-state index contributed by atoms with van der Waals surface area (Å²) in [6.45, 7) is 3.04. The first-order valence-corrected chi connectivity index (χ1v) is 6.73. The lowest BCUT2D eigenvalue weighted by Gasteiger charge is -2.27. The molecule has 0 heterocycles. The second kappa shape index (κ2) is 7.66. The largest absolute Gasteiger partial charge is 0.356 e. The highest BCUT2D eigenvalue weighted by Gasteiger charge is 2.24. The van der Waals surface area contributed by atoms with Crippen LogP contribution in [0.2, 0.25) is 0 Å². The molecule has 1 fully saturated rings. The summed E-state index contributed by atoms with van der Waals surface area (Å²) < 4.78 is 0. The third-order valence-corrected chi connectivity index (χ3v) is 3.59. The smallest absolute Gasteiger partial charge is 0.223 e. The molecule has 1 aliphatic rings. The number of carbonyl (C=O) groups excluding carboxylic acids is 1. The fraction of sp³-hybridized carbons (Fsp3) is 0.923. The van der Waals surface area contributed by atoms with Crippen LogP contribution in [0, 0.1) is 5.92 Å². The molecule has 1 rings (SSSR count). The Morgan fingerprint density at radius 2 is 1.88 bits per heavy atom. The van der Waals surface area contributed by atoms with Gasteiger partial charge in [-0.3, -0.25) is 4.79 Å². The fourth-order valence-electron chi connectivity index (χ4n) is 2.38. The van der Waals surface area contributed by atoms with Gasteiger partial charge < -0.3 is 10.6 Å². The maximum absolute atomic E-state index is 11.8. The van der Waals surface area contributed by atoms with Crippen LogP contribution in [0.15, 0.2) is 0 Å². The predicted octanol–water partition coefficient (Wildman–Crippen LogP) is 2.07. The second-order valence-corrected chi connectivity index (χ2v) is 4.84. The minimum atomic E-state index is 0.270. The van der Waals surface area contributed by atoms with E-state index in [4.69, 9.17) is 0 Å². The van der Waals surface area contributed by atoms with Crippen LogP contribution < -0.4 is 10.6 Å². The lowest BCUT2D eigenvalue weighted by Crippen LogP contribution is -2.37. The van der Waals surface area contributed by atoms with E-state index in [1.165, 1.54) is 12.8 Å². The van der Waals surface area contributed by atoms with E-state index in [-0.39, 0.29) is 11.8 Å². The number of unbranched alkanes of at least 4 members (excludes halogenated alkanes) is 2. The Balaban J connectivity index is 2.13. The van der Waals surface area contributed by atoms with E-state index in [1.54, 1.807) is 0 Å². The summed E-state index contributed by atoms with van der Waals surface area (Å²) in [6, 6.07) is 0.629. The average Bonchev–Trinajstić information content (AvgIpc) is 2.34. The van der Waals surface area contributed by atoms with Crippen molar-refractivity contribution in [2.75, 3.05) is 13.6 Å². The summed E-state index contributed by atoms with van der Waals surface area (Å²) in [5, 5.41) is 6.35. The van der Waals surface area contributed by atoms with Crippen LogP contribution in [0.3, 0.4) is 0 Å². The molecule has 0 saturated heterocycles. The normalized spacial score (nSPS) is 25.4. The van der Waals surface area contributed by atoms with Crippen molar-refractivity contribution in [3.8, 4) is 0 Å². The quantitative estimate of drug-likeness (QED) is 0.681. The highest BCUT2D eigenvalue weighted by Crippen LogP contribution is 2.24. The molecule has 0 aromatic carbocycles. The van der Waals surface area contributed by atoms with Gasteiger partial charge in [0, 0.05) is 18.5 Å². The van der Waals surface area contributed by atoms with E-state index >= 15 is 0 Å². The molecule has 0 spiro atoms. The molecule has 1 saturated carbocycles. The first-order valence-electron chi connectivity index (χ1n) is 6.73. The van der Waals surface area contributed by atoms with Crippen LogP contribution >= 0.6 is 0 Å². The van der Waals surface area contributed by atoms with Crippen molar-refractivity contribution in [1.29, 1.82) is 0 Å². The van der Waals surface area contributed by atoms with Gasteiger partial charge in [-0.05, 0) is 39.2 Å². The van der Waals surface area contributed by atoms with Gasteiger partial charge in [-0.2, -0.15) is 0 Å². The summed E-state index contributed by atoms with van der Waals surface area (Å²) in [6.07, 6.45) is 7.92. The van der Waals surface area contributed by atoms with Gasteiger partial charge in [0.25, 0.3) is 0 Å². The number of hydrogen-bond donors (Lipinski definition) is 2. The Hall–Kier alpha value is -0.570. The molecule has 1 amide bonds. The van der Waals surface area contributed by atoms with Crippen molar-refractivity contribution in [1.82, 2.24) is 10.6 Å². The Labute approximate surface area is 99.4 Å². The van der Waals surface area contributed by atoms with Gasteiger partial charge in [-0.1, -0.05) is 19.8 Å². The first-order chi connectivity index (χ1) is 7.77. The van der Waals surface area contributed by atoms with Crippen LogP contribution in [0.1, 0.15) is 51.9 Å². The highest BCUT2D eigenvalue weighted by atomic mass is 16.1. The number of nitrogens with one attached hydrogen (secondary N) is 2. The molecule has 16 heavy (non-hydrogen) atoms. The Morgan fingerprint density at radius 3 is 2.44 bits per heavy atom. The van der Waals surface area contributed by atoms with Gasteiger partial charge in [0.1, 0.15) is 0 Å². The zero-order valence-electron chi connectivity index (χ0n) is 10.7. The number of amides is 1. The third-order valence-electron chi connectivity index (χ3n) is 3.59. The molecular weight excluding hydrogens is 200 g/mol. The zero-order valence-corrected chi connectivity index (χ0v) is 10.7. The van der Waals surface area contributed by atoms with Crippen molar-refractivity contribution in [2.45, 2.75) is 57.9 Å². The lowest BCUT2D eigenvalue weighted by atomic mass is 9.85. The zero-order chi connectivity index (χ0) is 11.8. The molecule has 0 atom stereocenters. The van der Waals surface area contributed by atoms with Gasteiger partial charge >= 0.3 is 0 Å². The summed E-state index contributed by atoms with van der Waals surface area (Å²) in [5.41, 5.74) is 0. The third kappa shape index (κ3) is 4.52. The number of rotatable bonds is 6. The number of hydrogen-bond acceptors (Lipinski definition) is 2. The van der Waals surface area contributed by atoms with Gasteiger partial charge in [-0.15, -0.1) is 0 Å². The van der Waals surface area contributed by atoms with Crippen molar-refractivity contribution < 1.29 is 4.79 Å². The molecule has 1 aliphatic carbocycles. The van der Waals surface area contributed by atoms with E-state index in [1.807, 2.05) is 7.05 Å². The molecule has 0 bridgehead atoms. The van der Waals surface area contributed by atoms with E-state index in [2.05, 4.69) is 17.6 Å². The molecule has 3 heteroatoms. The van der Waals surface area contributed by atoms with Crippen LogP contribution in [0.4, 0.5) is 0 Å². The molecular formula is C13H26N2O. The molecule has 2 N–H and O–H groups in total. The SMILES string of the molecule is CCCCCNC(=O)C1CCC(NC)CC1. The Bertz CT molecular complexity index is 198. The summed E-state index contributed by atoms with van der Waals surface area (Å²) in [7, 11) is 2.01. The monoisotopic (exact) mass is 226 g/mol. The fourth-order valence-corrected chi connectivity index (χ4v) is 2.38. The van der Waals surface area contributed by atoms with E-state index < -0.39 is 0 Å². The van der Waals surface area contributed by atoms with Crippen molar-refractivity contribution in [3.05, 3.63) is 0 Å². The molecule has 0 aromatic heterocycles. The van der Waals surface area contributed by atoms with Gasteiger partial charge in [-0.25, -0.2) is 0 Å². The molecule has 0 unspecified atom stereocenters. The minimum absolute atomic E-state index is 0.270. The number of carbonyl (C=O) groups is 1. The molecule has 3 nitrogen and oxygen atoms in total. The summed E-state index contributed by atoms with van der Waals surface area (Å²) in [4.78, 5) is 11.8. The maximum atomic E-state index is 11.8. The summed E-state index contributed by atoms with van der Waals surface area (Å²) in [5.74, 6) is 0.553. The predicted molar refractivity (Wildman–Crippen MR) is 67.3 cm³/mol. The Kier molecular flexibility index (Phi) is 6.46. The van der Waals surface area contributed by atoms with E-state index in [0.717, 1.165) is 38.6 Å². The Morgan fingerprint density at radius 1 is 1.19 bits per heavy atom. The first kappa shape index (κ1) is 13.5. The van der Waals surface area contributed by atoms with Crippen LogP contribution in [-0.2, 0) is 4.79 Å². The van der Waals surface area contributed by atoms with Gasteiger partial charge in [0.15, 0.2) is 0 Å². The van der Waals surface area contributed by atoms with E-state index in [9.17, 15) is 4.79 Å². The molecule has 0 aromatic rings. The summed E-state index contributed by atoms with van der Waals surface area (Å²) >= 11 is 0. The average molecular weight is 226 g/mol. The standard InChI is InChI=1S/C13H26N2O/c1-3-4-5-10-15-13(16)11-6-8-12(14-2)9-7-11/h11-12,14H,3-10H2,1-2H3,(H,15,16). The van der Waals surface area contributed by atoms with Crippen LogP contribution in [0.5, 0.6) is 0 Å². The second-order valence-electron chi connectivity index (χ2n) is 4.84. The van der Waals surface area contributed by atoms with Crippen molar-refractivity contribution >= 4 is 5.91 Å². The van der Waals surface area contributed by atoms with Gasteiger partial charge in [0.2, 0.25) is 5.91 Å². The van der Waals surface area contributed by atoms with Gasteiger partial charge in [0.05, 0.1) is 0 Å². The highest BCUT2D eigenvalue weighted by molar-refractivity contribution is 5.78. The molecule has 94 valence electrons. The van der Waals surface area contributed by atoms with E-state index in [0.29, 0.717) is 6.04 Å². The minimum Gasteiger partial charge on any atom is -0.356 e. The van der Waals surface area contributed by atoms with Crippen LogP contribution in [0.25, 0.3) is 0 Å². The van der Waals surface area contributed by atoms with Crippen LogP contribution in [-0.4, -0.2) is 25.5 Å². The topological polar surface area (TPSA) is 41.1 Å². The molecule has 0 aliphatic heterocycles. The molecule has 0 radical (unpaired) electrons. The maximum Gasteiger partial charge on any atom is 0.223 e. The van der Waals surface area contributed by atoms with Crippen molar-refractivity contribution in [3.63, 3.8) is 0 Å². The van der Waals surface area contributed by atoms with Crippen molar-refractivity contribution in [2.24, 2.45) is 5.92 Å².